The molecule has 0 saturated heterocycles. The lowest BCUT2D eigenvalue weighted by Gasteiger charge is -2.22. The van der Waals surface area contributed by atoms with Crippen molar-refractivity contribution in [3.05, 3.63) is 23.7 Å². The molecule has 1 fully saturated rings. The first-order valence-electron chi connectivity index (χ1n) is 4.94. The molecule has 1 aliphatic rings. The number of aryl methyl sites for hydroxylation is 1. The quantitative estimate of drug-likeness (QED) is 0.666. The van der Waals surface area contributed by atoms with Crippen molar-refractivity contribution in [2.45, 2.75) is 32.6 Å². The van der Waals surface area contributed by atoms with E-state index in [0.717, 1.165) is 25.0 Å². The molecule has 1 saturated carbocycles. The van der Waals surface area contributed by atoms with Crippen molar-refractivity contribution in [2.24, 2.45) is 5.92 Å². The van der Waals surface area contributed by atoms with E-state index < -0.39 is 0 Å². The molecule has 0 N–H and O–H groups in total. The number of ketones is 1. The van der Waals surface area contributed by atoms with Crippen molar-refractivity contribution in [2.75, 3.05) is 0 Å². The minimum absolute atomic E-state index is 0.200. The van der Waals surface area contributed by atoms with E-state index in [1.54, 1.807) is 6.07 Å². The Hall–Kier alpha value is -1.05. The monoisotopic (exact) mass is 178 g/mol. The van der Waals surface area contributed by atoms with Crippen LogP contribution in [0.25, 0.3) is 0 Å². The van der Waals surface area contributed by atoms with Crippen LogP contribution in [0.4, 0.5) is 0 Å². The molecule has 0 unspecified atom stereocenters. The smallest absolute Gasteiger partial charge is 0.201 e. The van der Waals surface area contributed by atoms with E-state index in [9.17, 15) is 4.79 Å². The van der Waals surface area contributed by atoms with Gasteiger partial charge < -0.3 is 4.42 Å². The van der Waals surface area contributed by atoms with Crippen LogP contribution in [0.15, 0.2) is 16.5 Å². The molecular weight excluding hydrogens is 164 g/mol. The molecule has 70 valence electrons. The Bertz CT molecular complexity index is 308. The standard InChI is InChI=1S/C11H14O2/c1-2-9-6-7-10(13-9)11(12)8-4-3-5-8/h6-8H,2-5H2,1H3. The van der Waals surface area contributed by atoms with Gasteiger partial charge in [0.25, 0.3) is 0 Å². The maximum Gasteiger partial charge on any atom is 0.201 e. The van der Waals surface area contributed by atoms with Gasteiger partial charge >= 0.3 is 0 Å². The predicted molar refractivity (Wildman–Crippen MR) is 49.8 cm³/mol. The van der Waals surface area contributed by atoms with Crippen LogP contribution in [0, 0.1) is 5.92 Å². The number of hydrogen-bond acceptors (Lipinski definition) is 2. The normalized spacial score (nSPS) is 17.0. The van der Waals surface area contributed by atoms with Crippen molar-refractivity contribution in [3.8, 4) is 0 Å². The molecule has 1 aromatic rings. The van der Waals surface area contributed by atoms with Gasteiger partial charge in [-0.25, -0.2) is 0 Å². The molecular formula is C11H14O2. The van der Waals surface area contributed by atoms with Gasteiger partial charge in [0.05, 0.1) is 0 Å². The summed E-state index contributed by atoms with van der Waals surface area (Å²) in [5.41, 5.74) is 0. The van der Waals surface area contributed by atoms with Gasteiger partial charge in [-0.2, -0.15) is 0 Å². The van der Waals surface area contributed by atoms with E-state index >= 15 is 0 Å². The summed E-state index contributed by atoms with van der Waals surface area (Å²) in [6, 6.07) is 3.70. The van der Waals surface area contributed by atoms with Gasteiger partial charge in [0.15, 0.2) is 5.76 Å². The third-order valence-corrected chi connectivity index (χ3v) is 2.73. The van der Waals surface area contributed by atoms with Crippen LogP contribution in [-0.2, 0) is 6.42 Å². The van der Waals surface area contributed by atoms with E-state index in [-0.39, 0.29) is 11.7 Å². The van der Waals surface area contributed by atoms with Crippen molar-refractivity contribution < 1.29 is 9.21 Å². The zero-order valence-electron chi connectivity index (χ0n) is 7.88. The minimum atomic E-state index is 0.200. The summed E-state index contributed by atoms with van der Waals surface area (Å²) in [4.78, 5) is 11.7. The number of carbonyl (C=O) groups excluding carboxylic acids is 1. The fourth-order valence-electron chi connectivity index (χ4n) is 1.57. The van der Waals surface area contributed by atoms with Gasteiger partial charge in [0.2, 0.25) is 5.78 Å². The zero-order valence-corrected chi connectivity index (χ0v) is 7.88. The van der Waals surface area contributed by atoms with Crippen LogP contribution in [0.1, 0.15) is 42.5 Å². The maximum atomic E-state index is 11.7. The van der Waals surface area contributed by atoms with Crippen molar-refractivity contribution >= 4 is 5.78 Å². The molecule has 0 bridgehead atoms. The summed E-state index contributed by atoms with van der Waals surface area (Å²) in [5, 5.41) is 0. The third-order valence-electron chi connectivity index (χ3n) is 2.73. The number of Topliss-reactive ketones (excluding diaryl/α,β-unsaturated/α-hetero) is 1. The number of furan rings is 1. The molecule has 0 radical (unpaired) electrons. The van der Waals surface area contributed by atoms with Crippen LogP contribution >= 0.6 is 0 Å². The van der Waals surface area contributed by atoms with Gasteiger partial charge in [-0.3, -0.25) is 4.79 Å². The fraction of sp³-hybridized carbons (Fsp3) is 0.545. The van der Waals surface area contributed by atoms with Crippen LogP contribution in [0.2, 0.25) is 0 Å². The highest BCUT2D eigenvalue weighted by atomic mass is 16.3. The van der Waals surface area contributed by atoms with Gasteiger partial charge in [-0.1, -0.05) is 13.3 Å². The highest BCUT2D eigenvalue weighted by Crippen LogP contribution is 2.30. The first kappa shape index (κ1) is 8.54. The number of rotatable bonds is 3. The molecule has 2 nitrogen and oxygen atoms in total. The van der Waals surface area contributed by atoms with E-state index in [4.69, 9.17) is 4.42 Å². The lowest BCUT2D eigenvalue weighted by atomic mass is 9.81. The summed E-state index contributed by atoms with van der Waals surface area (Å²) < 4.78 is 5.40. The first-order chi connectivity index (χ1) is 6.31. The largest absolute Gasteiger partial charge is 0.458 e. The SMILES string of the molecule is CCc1ccc(C(=O)C2CCC2)o1. The molecule has 2 rings (SSSR count). The molecule has 0 spiro atoms. The van der Waals surface area contributed by atoms with Gasteiger partial charge in [-0.05, 0) is 25.0 Å². The molecule has 1 aromatic heterocycles. The van der Waals surface area contributed by atoms with E-state index in [2.05, 4.69) is 0 Å². The summed E-state index contributed by atoms with van der Waals surface area (Å²) >= 11 is 0. The zero-order chi connectivity index (χ0) is 9.26. The van der Waals surface area contributed by atoms with E-state index in [1.165, 1.54) is 6.42 Å². The number of carbonyl (C=O) groups is 1. The fourth-order valence-corrected chi connectivity index (χ4v) is 1.57. The summed E-state index contributed by atoms with van der Waals surface area (Å²) in [6.45, 7) is 2.02. The maximum absolute atomic E-state index is 11.7. The Balaban J connectivity index is 2.10. The second kappa shape index (κ2) is 3.36. The molecule has 1 aliphatic carbocycles. The molecule has 1 heterocycles. The molecule has 0 aliphatic heterocycles. The number of hydrogen-bond donors (Lipinski definition) is 0. The summed E-state index contributed by atoms with van der Waals surface area (Å²) in [5.74, 6) is 1.91. The Morgan fingerprint density at radius 1 is 1.54 bits per heavy atom. The Kier molecular flexibility index (Phi) is 2.21. The van der Waals surface area contributed by atoms with E-state index in [0.29, 0.717) is 5.76 Å². The van der Waals surface area contributed by atoms with Crippen LogP contribution in [0.3, 0.4) is 0 Å². The molecule has 0 amide bonds. The second-order valence-electron chi connectivity index (χ2n) is 3.61. The van der Waals surface area contributed by atoms with Crippen molar-refractivity contribution in [3.63, 3.8) is 0 Å². The lowest BCUT2D eigenvalue weighted by Crippen LogP contribution is -2.21. The molecule has 2 heteroatoms. The van der Waals surface area contributed by atoms with Crippen LogP contribution in [0.5, 0.6) is 0 Å². The topological polar surface area (TPSA) is 30.2 Å². The Morgan fingerprint density at radius 2 is 2.31 bits per heavy atom. The van der Waals surface area contributed by atoms with Crippen LogP contribution in [-0.4, -0.2) is 5.78 Å². The third kappa shape index (κ3) is 1.53. The van der Waals surface area contributed by atoms with Crippen molar-refractivity contribution in [1.29, 1.82) is 0 Å². The average Bonchev–Trinajstić information content (AvgIpc) is 2.48. The van der Waals surface area contributed by atoms with Gasteiger partial charge in [-0.15, -0.1) is 0 Å². The first-order valence-corrected chi connectivity index (χ1v) is 4.94. The molecule has 0 atom stereocenters. The van der Waals surface area contributed by atoms with E-state index in [1.807, 2.05) is 13.0 Å². The lowest BCUT2D eigenvalue weighted by molar-refractivity contribution is 0.0824. The second-order valence-corrected chi connectivity index (χ2v) is 3.61. The highest BCUT2D eigenvalue weighted by Gasteiger charge is 2.28. The average molecular weight is 178 g/mol. The summed E-state index contributed by atoms with van der Waals surface area (Å²) in [7, 11) is 0. The molecule has 13 heavy (non-hydrogen) atoms. The Morgan fingerprint density at radius 3 is 2.77 bits per heavy atom. The van der Waals surface area contributed by atoms with Crippen molar-refractivity contribution in [1.82, 2.24) is 0 Å². The minimum Gasteiger partial charge on any atom is -0.458 e. The van der Waals surface area contributed by atoms with Gasteiger partial charge in [0.1, 0.15) is 5.76 Å². The van der Waals surface area contributed by atoms with Crippen LogP contribution < -0.4 is 0 Å². The molecule has 0 aromatic carbocycles. The summed E-state index contributed by atoms with van der Waals surface area (Å²) in [6.07, 6.45) is 4.14. The van der Waals surface area contributed by atoms with Gasteiger partial charge in [0, 0.05) is 12.3 Å². The highest BCUT2D eigenvalue weighted by molar-refractivity contribution is 5.95. The predicted octanol–water partition coefficient (Wildman–Crippen LogP) is 2.82. The Labute approximate surface area is 77.9 Å².